The largest absolute Gasteiger partial charge is 0.457 e. The predicted octanol–water partition coefficient (Wildman–Crippen LogP) is 6.60. The third kappa shape index (κ3) is 7.04. The molecule has 4 rings (SSSR count). The van der Waals surface area contributed by atoms with Gasteiger partial charge in [0.2, 0.25) is 5.88 Å². The van der Waals surface area contributed by atoms with Gasteiger partial charge in [-0.05, 0) is 59.2 Å². The number of hydrogen-bond donors (Lipinski definition) is 3. The lowest BCUT2D eigenvalue weighted by molar-refractivity contribution is -0.127. The first kappa shape index (κ1) is 26.6. The highest BCUT2D eigenvalue weighted by molar-refractivity contribution is 6.31. The Bertz CT molecular complexity index is 1460. The van der Waals surface area contributed by atoms with Crippen LogP contribution in [0.1, 0.15) is 16.1 Å². The van der Waals surface area contributed by atoms with Gasteiger partial charge in [-0.2, -0.15) is 13.2 Å². The van der Waals surface area contributed by atoms with Gasteiger partial charge in [0.05, 0.1) is 6.42 Å². The molecule has 0 atom stereocenters. The Balaban J connectivity index is 1.41. The number of nitrogens with one attached hydrogen (secondary N) is 3. The molecule has 196 valence electrons. The molecule has 2 aromatic heterocycles. The van der Waals surface area contributed by atoms with Gasteiger partial charge in [-0.25, -0.2) is 9.78 Å². The maximum atomic E-state index is 12.8. The Morgan fingerprint density at radius 1 is 1.00 bits per heavy atom. The van der Waals surface area contributed by atoms with Crippen LogP contribution in [0.5, 0.6) is 17.4 Å². The van der Waals surface area contributed by atoms with Gasteiger partial charge in [0.1, 0.15) is 17.2 Å². The van der Waals surface area contributed by atoms with E-state index >= 15 is 0 Å². The molecule has 0 spiro atoms. The molecule has 0 aliphatic carbocycles. The monoisotopic (exact) mass is 544 g/mol. The number of ether oxygens (including phenoxy) is 2. The molecule has 0 fully saturated rings. The van der Waals surface area contributed by atoms with Crippen molar-refractivity contribution >= 4 is 29.3 Å². The fraction of sp³-hybridized carbons (Fsp3) is 0.115. The first-order valence-corrected chi connectivity index (χ1v) is 11.5. The number of carbonyl (C=O) groups is 2. The minimum absolute atomic E-state index is 0.0310. The van der Waals surface area contributed by atoms with E-state index in [9.17, 15) is 22.8 Å². The van der Waals surface area contributed by atoms with E-state index in [1.54, 1.807) is 42.6 Å². The first-order chi connectivity index (χ1) is 18.1. The van der Waals surface area contributed by atoms with Gasteiger partial charge in [-0.1, -0.05) is 23.7 Å². The smallest absolute Gasteiger partial charge is 0.413 e. The lowest BCUT2D eigenvalue weighted by atomic mass is 10.1. The van der Waals surface area contributed by atoms with Crippen LogP contribution in [0, 0.1) is 0 Å². The molecule has 38 heavy (non-hydrogen) atoms. The molecular formula is C26H20ClF3N4O4. The van der Waals surface area contributed by atoms with Crippen LogP contribution >= 0.6 is 11.6 Å². The number of carbonyl (C=O) groups excluding carboxylic acids is 2. The van der Waals surface area contributed by atoms with Crippen LogP contribution in [-0.2, 0) is 6.42 Å². The number of aromatic nitrogens is 2. The average molecular weight is 545 g/mol. The highest BCUT2D eigenvalue weighted by Crippen LogP contribution is 2.30. The van der Waals surface area contributed by atoms with Crippen LogP contribution in [0.25, 0.3) is 11.1 Å². The molecule has 0 aliphatic rings. The second kappa shape index (κ2) is 11.3. The van der Waals surface area contributed by atoms with Crippen molar-refractivity contribution in [2.45, 2.75) is 12.6 Å². The molecule has 2 aromatic carbocycles. The Morgan fingerprint density at radius 2 is 1.76 bits per heavy atom. The van der Waals surface area contributed by atoms with Gasteiger partial charge >= 0.3 is 12.3 Å². The van der Waals surface area contributed by atoms with Gasteiger partial charge in [0.15, 0.2) is 0 Å². The first-order valence-electron chi connectivity index (χ1n) is 11.1. The number of pyridine rings is 1. The normalized spacial score (nSPS) is 11.1. The number of amides is 2. The summed E-state index contributed by atoms with van der Waals surface area (Å²) in [4.78, 5) is 30.8. The lowest BCUT2D eigenvalue weighted by Gasteiger charge is -2.11. The molecule has 0 aliphatic heterocycles. The van der Waals surface area contributed by atoms with E-state index < -0.39 is 24.6 Å². The van der Waals surface area contributed by atoms with Gasteiger partial charge in [-0.15, -0.1) is 0 Å². The molecular weight excluding hydrogens is 525 g/mol. The fourth-order valence-corrected chi connectivity index (χ4v) is 3.59. The number of anilines is 1. The highest BCUT2D eigenvalue weighted by Gasteiger charge is 2.29. The molecule has 0 unspecified atom stereocenters. The zero-order valence-electron chi connectivity index (χ0n) is 19.7. The Labute approximate surface area is 219 Å². The highest BCUT2D eigenvalue weighted by atomic mass is 35.5. The second-order valence-electron chi connectivity index (χ2n) is 7.95. The zero-order valence-corrected chi connectivity index (χ0v) is 20.5. The summed E-state index contributed by atoms with van der Waals surface area (Å²) in [6, 6.07) is 15.6. The fourth-order valence-electron chi connectivity index (χ4n) is 3.40. The quantitative estimate of drug-likeness (QED) is 0.243. The average Bonchev–Trinajstić information content (AvgIpc) is 3.36. The van der Waals surface area contributed by atoms with Gasteiger partial charge in [0.25, 0.3) is 5.91 Å². The van der Waals surface area contributed by atoms with Crippen molar-refractivity contribution < 1.29 is 32.2 Å². The standard InChI is InChI=1S/C26H20ClF3N4O4/c1-31-25(36)38-23-12-20(8-9-32-23)37-19-5-2-15(3-6-19)17-11-22(33-14-17)24(35)34-18-4-7-21(27)16(10-18)13-26(28,29)30/h2-12,14,33H,13H2,1H3,(H,31,36)(H,34,35). The Kier molecular flexibility index (Phi) is 7.87. The molecule has 0 bridgehead atoms. The summed E-state index contributed by atoms with van der Waals surface area (Å²) in [7, 11) is 1.43. The summed E-state index contributed by atoms with van der Waals surface area (Å²) in [5.41, 5.74) is 1.77. The van der Waals surface area contributed by atoms with E-state index in [0.29, 0.717) is 17.1 Å². The van der Waals surface area contributed by atoms with E-state index in [0.717, 1.165) is 5.56 Å². The van der Waals surface area contributed by atoms with Crippen molar-refractivity contribution in [3.8, 4) is 28.5 Å². The molecule has 0 saturated heterocycles. The number of aromatic amines is 1. The number of hydrogen-bond acceptors (Lipinski definition) is 5. The van der Waals surface area contributed by atoms with Crippen LogP contribution in [0.4, 0.5) is 23.7 Å². The summed E-state index contributed by atoms with van der Waals surface area (Å²) in [5, 5.41) is 4.87. The Hall–Kier alpha value is -4.51. The van der Waals surface area contributed by atoms with E-state index in [1.807, 2.05) is 0 Å². The number of H-pyrrole nitrogens is 1. The molecule has 12 heteroatoms. The predicted molar refractivity (Wildman–Crippen MR) is 135 cm³/mol. The van der Waals surface area contributed by atoms with Crippen molar-refractivity contribution in [1.29, 1.82) is 0 Å². The lowest BCUT2D eigenvalue weighted by Crippen LogP contribution is -2.22. The topological polar surface area (TPSA) is 105 Å². The molecule has 3 N–H and O–H groups in total. The SMILES string of the molecule is CNC(=O)Oc1cc(Oc2ccc(-c3c[nH]c(C(=O)Nc4ccc(Cl)c(CC(F)(F)F)c4)c3)cc2)ccn1. The maximum Gasteiger partial charge on any atom is 0.413 e. The van der Waals surface area contributed by atoms with Crippen LogP contribution < -0.4 is 20.1 Å². The summed E-state index contributed by atoms with van der Waals surface area (Å²) < 4.78 is 49.1. The number of benzene rings is 2. The molecule has 4 aromatic rings. The van der Waals surface area contributed by atoms with Crippen molar-refractivity contribution in [3.05, 3.63) is 89.3 Å². The van der Waals surface area contributed by atoms with E-state index in [-0.39, 0.29) is 27.8 Å². The van der Waals surface area contributed by atoms with Crippen LogP contribution in [0.15, 0.2) is 73.1 Å². The van der Waals surface area contributed by atoms with Crippen molar-refractivity contribution in [2.24, 2.45) is 0 Å². The van der Waals surface area contributed by atoms with Gasteiger partial charge in [0, 0.05) is 36.2 Å². The number of halogens is 4. The summed E-state index contributed by atoms with van der Waals surface area (Å²) in [5.74, 6) is 0.473. The number of rotatable bonds is 7. The van der Waals surface area contributed by atoms with Crippen LogP contribution in [-0.4, -0.2) is 35.2 Å². The van der Waals surface area contributed by atoms with Crippen LogP contribution in [0.2, 0.25) is 5.02 Å². The van der Waals surface area contributed by atoms with Gasteiger partial charge < -0.3 is 25.1 Å². The minimum Gasteiger partial charge on any atom is -0.457 e. The third-order valence-electron chi connectivity index (χ3n) is 5.15. The second-order valence-corrected chi connectivity index (χ2v) is 8.36. The summed E-state index contributed by atoms with van der Waals surface area (Å²) >= 11 is 5.86. The molecule has 2 amide bonds. The van der Waals surface area contributed by atoms with Crippen LogP contribution in [0.3, 0.4) is 0 Å². The number of nitrogens with zero attached hydrogens (tertiary/aromatic N) is 1. The van der Waals surface area contributed by atoms with E-state index in [2.05, 4.69) is 20.6 Å². The molecule has 0 saturated carbocycles. The van der Waals surface area contributed by atoms with Crippen molar-refractivity contribution in [3.63, 3.8) is 0 Å². The van der Waals surface area contributed by atoms with E-state index in [4.69, 9.17) is 21.1 Å². The van der Waals surface area contributed by atoms with Crippen molar-refractivity contribution in [1.82, 2.24) is 15.3 Å². The molecule has 8 nitrogen and oxygen atoms in total. The summed E-state index contributed by atoms with van der Waals surface area (Å²) in [6.07, 6.45) is -3.21. The third-order valence-corrected chi connectivity index (χ3v) is 5.52. The van der Waals surface area contributed by atoms with Crippen molar-refractivity contribution in [2.75, 3.05) is 12.4 Å². The van der Waals surface area contributed by atoms with E-state index in [1.165, 1.54) is 37.5 Å². The number of alkyl halides is 3. The summed E-state index contributed by atoms with van der Waals surface area (Å²) in [6.45, 7) is 0. The zero-order chi connectivity index (χ0) is 27.3. The molecule has 2 heterocycles. The Morgan fingerprint density at radius 3 is 2.47 bits per heavy atom. The maximum absolute atomic E-state index is 12.8. The minimum atomic E-state index is -4.43. The molecule has 0 radical (unpaired) electrons. The van der Waals surface area contributed by atoms with Gasteiger partial charge in [-0.3, -0.25) is 4.79 Å².